The Bertz CT molecular complexity index is 1830. The van der Waals surface area contributed by atoms with Crippen molar-refractivity contribution in [3.8, 4) is 17.5 Å². The minimum Gasteiger partial charge on any atom is -0.382 e. The molecule has 39 heavy (non-hydrogen) atoms. The van der Waals surface area contributed by atoms with Crippen LogP contribution in [0.1, 0.15) is 17.1 Å². The summed E-state index contributed by atoms with van der Waals surface area (Å²) in [6, 6.07) is 10.2. The number of anilines is 2. The van der Waals surface area contributed by atoms with Crippen LogP contribution in [0.5, 0.6) is 0 Å². The van der Waals surface area contributed by atoms with Crippen LogP contribution in [-0.2, 0) is 6.42 Å². The van der Waals surface area contributed by atoms with E-state index in [0.29, 0.717) is 11.6 Å². The van der Waals surface area contributed by atoms with Gasteiger partial charge in [0.2, 0.25) is 0 Å². The molecular weight excluding hydrogens is 531 g/mol. The van der Waals surface area contributed by atoms with E-state index in [9.17, 15) is 18.0 Å². The van der Waals surface area contributed by atoms with Crippen LogP contribution in [0.15, 0.2) is 65.8 Å². The van der Waals surface area contributed by atoms with E-state index < -0.39 is 23.0 Å². The number of fused-ring (bicyclic) bond motifs is 1. The van der Waals surface area contributed by atoms with E-state index in [1.807, 2.05) is 0 Å². The molecule has 0 spiro atoms. The van der Waals surface area contributed by atoms with Crippen LogP contribution in [0.4, 0.5) is 24.8 Å². The molecule has 0 aliphatic heterocycles. The third-order valence-corrected chi connectivity index (χ3v) is 5.92. The standard InChI is InChI=1S/C27H17ClF3N7O/c28-19-3-1-5-22-24(19)27(39)38(17-12-15(29)11-16(30)13-17)23(37-22)8-10-34-26-18(25(32)35-14-36-26)6-7-21-20(31)4-2-9-33-21/h1-5,9,11-14H,8,10H2,(H3,32,34,35,36). The number of nitrogens with one attached hydrogen (secondary N) is 1. The van der Waals surface area contributed by atoms with Crippen LogP contribution in [0.25, 0.3) is 16.6 Å². The molecule has 5 aromatic rings. The SMILES string of the molecule is Nc1ncnc(NCCc2nc3cccc(Cl)c3c(=O)n2-c2cc(F)cc(F)c2)c1C#Cc1ncccc1F. The highest BCUT2D eigenvalue weighted by molar-refractivity contribution is 6.35. The minimum absolute atomic E-state index is 0.0444. The van der Waals surface area contributed by atoms with E-state index in [1.54, 1.807) is 12.1 Å². The van der Waals surface area contributed by atoms with Gasteiger partial charge in [-0.15, -0.1) is 0 Å². The summed E-state index contributed by atoms with van der Waals surface area (Å²) in [5.41, 5.74) is 5.82. The predicted octanol–water partition coefficient (Wildman–Crippen LogP) is 4.28. The molecule has 0 atom stereocenters. The Labute approximate surface area is 224 Å². The average molecular weight is 548 g/mol. The Hall–Kier alpha value is -4.95. The summed E-state index contributed by atoms with van der Waals surface area (Å²) in [5.74, 6) is 3.56. The Morgan fingerprint density at radius 2 is 1.79 bits per heavy atom. The van der Waals surface area contributed by atoms with Crippen LogP contribution in [0, 0.1) is 29.3 Å². The molecule has 0 radical (unpaired) electrons. The molecule has 0 unspecified atom stereocenters. The van der Waals surface area contributed by atoms with Crippen molar-refractivity contribution in [2.45, 2.75) is 6.42 Å². The second kappa shape index (κ2) is 10.8. The summed E-state index contributed by atoms with van der Waals surface area (Å²) in [5, 5.41) is 3.33. The van der Waals surface area contributed by atoms with Gasteiger partial charge in [-0.2, -0.15) is 0 Å². The number of hydrogen-bond acceptors (Lipinski definition) is 7. The minimum atomic E-state index is -0.857. The zero-order valence-electron chi connectivity index (χ0n) is 19.9. The van der Waals surface area contributed by atoms with Gasteiger partial charge in [-0.1, -0.05) is 23.6 Å². The molecule has 0 amide bonds. The molecule has 0 aliphatic rings. The van der Waals surface area contributed by atoms with Crippen LogP contribution < -0.4 is 16.6 Å². The van der Waals surface area contributed by atoms with Gasteiger partial charge in [0.05, 0.1) is 21.6 Å². The molecule has 0 saturated heterocycles. The smallest absolute Gasteiger partial charge is 0.267 e. The van der Waals surface area contributed by atoms with Crippen molar-refractivity contribution in [2.24, 2.45) is 0 Å². The number of halogens is 4. The Kier molecular flexibility index (Phi) is 7.12. The second-order valence-corrected chi connectivity index (χ2v) is 8.58. The maximum Gasteiger partial charge on any atom is 0.267 e. The van der Waals surface area contributed by atoms with Gasteiger partial charge in [-0.05, 0) is 42.3 Å². The fraction of sp³-hybridized carbons (Fsp3) is 0.0741. The molecule has 3 heterocycles. The largest absolute Gasteiger partial charge is 0.382 e. The molecule has 0 saturated carbocycles. The molecule has 0 aliphatic carbocycles. The third-order valence-electron chi connectivity index (χ3n) is 5.60. The van der Waals surface area contributed by atoms with Gasteiger partial charge in [0.25, 0.3) is 5.56 Å². The van der Waals surface area contributed by atoms with Gasteiger partial charge in [-0.25, -0.2) is 33.1 Å². The molecule has 0 fully saturated rings. The highest BCUT2D eigenvalue weighted by Crippen LogP contribution is 2.22. The monoisotopic (exact) mass is 547 g/mol. The zero-order chi connectivity index (χ0) is 27.5. The quantitative estimate of drug-likeness (QED) is 0.316. The molecule has 194 valence electrons. The first-order valence-electron chi connectivity index (χ1n) is 11.5. The van der Waals surface area contributed by atoms with Crippen molar-refractivity contribution in [3.05, 3.63) is 111 Å². The number of nitrogen functional groups attached to an aromatic ring is 1. The predicted molar refractivity (Wildman–Crippen MR) is 141 cm³/mol. The molecule has 12 heteroatoms. The zero-order valence-corrected chi connectivity index (χ0v) is 20.7. The van der Waals surface area contributed by atoms with Crippen molar-refractivity contribution in [3.63, 3.8) is 0 Å². The van der Waals surface area contributed by atoms with Crippen LogP contribution in [0.2, 0.25) is 5.02 Å². The van der Waals surface area contributed by atoms with Gasteiger partial charge < -0.3 is 11.1 Å². The Balaban J connectivity index is 1.50. The first-order valence-corrected chi connectivity index (χ1v) is 11.8. The van der Waals surface area contributed by atoms with E-state index >= 15 is 0 Å². The Morgan fingerprint density at radius 3 is 2.56 bits per heavy atom. The molecule has 8 nitrogen and oxygen atoms in total. The first-order chi connectivity index (χ1) is 18.8. The summed E-state index contributed by atoms with van der Waals surface area (Å²) in [6.07, 6.45) is 2.75. The topological polar surface area (TPSA) is 112 Å². The lowest BCUT2D eigenvalue weighted by Gasteiger charge is -2.15. The molecule has 3 aromatic heterocycles. The summed E-state index contributed by atoms with van der Waals surface area (Å²) in [6.45, 7) is 0.152. The molecular formula is C27H17ClF3N7O. The van der Waals surface area contributed by atoms with Crippen LogP contribution in [-0.4, -0.2) is 31.0 Å². The fourth-order valence-electron chi connectivity index (χ4n) is 3.89. The second-order valence-electron chi connectivity index (χ2n) is 8.17. The number of benzene rings is 2. The maximum atomic E-state index is 14.1. The lowest BCUT2D eigenvalue weighted by Crippen LogP contribution is -2.26. The lowest BCUT2D eigenvalue weighted by molar-refractivity contribution is 0.580. The summed E-state index contributed by atoms with van der Waals surface area (Å²) < 4.78 is 43.2. The van der Waals surface area contributed by atoms with E-state index in [0.717, 1.165) is 16.7 Å². The number of rotatable bonds is 5. The number of nitrogens with zero attached hydrogens (tertiary/aromatic N) is 5. The van der Waals surface area contributed by atoms with Crippen molar-refractivity contribution in [1.82, 2.24) is 24.5 Å². The molecule has 5 rings (SSSR count). The molecule has 2 aromatic carbocycles. The Morgan fingerprint density at radius 1 is 1.00 bits per heavy atom. The summed E-state index contributed by atoms with van der Waals surface area (Å²) in [4.78, 5) is 30.0. The van der Waals surface area contributed by atoms with E-state index in [4.69, 9.17) is 17.3 Å². The summed E-state index contributed by atoms with van der Waals surface area (Å²) >= 11 is 6.26. The average Bonchev–Trinajstić information content (AvgIpc) is 2.88. The van der Waals surface area contributed by atoms with Crippen molar-refractivity contribution in [2.75, 3.05) is 17.6 Å². The third kappa shape index (κ3) is 5.37. The van der Waals surface area contributed by atoms with Crippen molar-refractivity contribution < 1.29 is 13.2 Å². The van der Waals surface area contributed by atoms with E-state index in [2.05, 4.69) is 37.1 Å². The highest BCUT2D eigenvalue weighted by atomic mass is 35.5. The van der Waals surface area contributed by atoms with Crippen LogP contribution in [0.3, 0.4) is 0 Å². The van der Waals surface area contributed by atoms with Gasteiger partial charge in [-0.3, -0.25) is 9.36 Å². The van der Waals surface area contributed by atoms with Gasteiger partial charge in [0.15, 0.2) is 5.82 Å². The first kappa shape index (κ1) is 25.7. The van der Waals surface area contributed by atoms with E-state index in [1.165, 1.54) is 30.7 Å². The number of pyridine rings is 1. The number of aromatic nitrogens is 5. The van der Waals surface area contributed by atoms with Crippen molar-refractivity contribution >= 4 is 34.1 Å². The van der Waals surface area contributed by atoms with Crippen molar-refractivity contribution in [1.29, 1.82) is 0 Å². The van der Waals surface area contributed by atoms with Gasteiger partial charge in [0.1, 0.15) is 46.7 Å². The summed E-state index contributed by atoms with van der Waals surface area (Å²) in [7, 11) is 0. The normalized spacial score (nSPS) is 10.8. The lowest BCUT2D eigenvalue weighted by atomic mass is 10.2. The maximum absolute atomic E-state index is 14.1. The molecule has 0 bridgehead atoms. The van der Waals surface area contributed by atoms with Crippen LogP contribution >= 0.6 is 11.6 Å². The number of hydrogen-bond donors (Lipinski definition) is 2. The van der Waals surface area contributed by atoms with Gasteiger partial charge >= 0.3 is 0 Å². The fourth-order valence-corrected chi connectivity index (χ4v) is 4.14. The van der Waals surface area contributed by atoms with E-state index in [-0.39, 0.29) is 57.8 Å². The number of nitrogens with two attached hydrogens (primary N) is 1. The van der Waals surface area contributed by atoms with Gasteiger partial charge in [0, 0.05) is 25.2 Å². The molecule has 3 N–H and O–H groups in total. The highest BCUT2D eigenvalue weighted by Gasteiger charge is 2.17.